The van der Waals surface area contributed by atoms with E-state index in [4.69, 9.17) is 14.2 Å². The summed E-state index contributed by atoms with van der Waals surface area (Å²) >= 11 is 1.55. The molecule has 6 nitrogen and oxygen atoms in total. The molecule has 0 unspecified atom stereocenters. The van der Waals surface area contributed by atoms with Crippen LogP contribution in [0.25, 0.3) is 0 Å². The number of fused-ring (bicyclic) bond motifs is 1. The van der Waals surface area contributed by atoms with Gasteiger partial charge in [-0.25, -0.2) is 4.79 Å². The Labute approximate surface area is 149 Å². The zero-order chi connectivity index (χ0) is 17.6. The molecule has 0 aromatic heterocycles. The first-order valence-electron chi connectivity index (χ1n) is 7.76. The molecule has 7 heteroatoms. The minimum absolute atomic E-state index is 0.166. The molecule has 130 valence electrons. The van der Waals surface area contributed by atoms with Crippen molar-refractivity contribution in [3.8, 4) is 11.5 Å². The predicted octanol–water partition coefficient (Wildman–Crippen LogP) is 3.32. The molecule has 1 aliphatic rings. The normalized spacial score (nSPS) is 11.9. The molecular formula is C18H17NO5S. The third-order valence-electron chi connectivity index (χ3n) is 3.40. The second kappa shape index (κ2) is 7.94. The summed E-state index contributed by atoms with van der Waals surface area (Å²) in [7, 11) is 0. The first kappa shape index (κ1) is 17.2. The number of carbonyl (C=O) groups excluding carboxylic acids is 2. The van der Waals surface area contributed by atoms with Crippen molar-refractivity contribution in [3.05, 3.63) is 48.0 Å². The Balaban J connectivity index is 1.56. The standard InChI is InChI=1S/C18H17NO5S/c1-2-25-16-6-4-3-5-13(16)18(21)22-10-17(20)19-12-7-8-14-15(9-12)24-11-23-14/h3-9H,2,10-11H2,1H3,(H,19,20). The van der Waals surface area contributed by atoms with E-state index in [1.54, 1.807) is 42.1 Å². The van der Waals surface area contributed by atoms with Gasteiger partial charge in [-0.1, -0.05) is 19.1 Å². The summed E-state index contributed by atoms with van der Waals surface area (Å²) in [4.78, 5) is 25.0. The zero-order valence-electron chi connectivity index (χ0n) is 13.6. The monoisotopic (exact) mass is 359 g/mol. The van der Waals surface area contributed by atoms with Crippen LogP contribution in [0.5, 0.6) is 11.5 Å². The van der Waals surface area contributed by atoms with Gasteiger partial charge < -0.3 is 19.5 Å². The average Bonchev–Trinajstić information content (AvgIpc) is 3.08. The van der Waals surface area contributed by atoms with E-state index < -0.39 is 11.9 Å². The molecule has 0 saturated heterocycles. The third-order valence-corrected chi connectivity index (χ3v) is 4.35. The maximum absolute atomic E-state index is 12.2. The van der Waals surface area contributed by atoms with Gasteiger partial charge in [-0.3, -0.25) is 4.79 Å². The SMILES string of the molecule is CCSc1ccccc1C(=O)OCC(=O)Nc1ccc2c(c1)OCO2. The Morgan fingerprint density at radius 3 is 2.80 bits per heavy atom. The van der Waals surface area contributed by atoms with E-state index in [-0.39, 0.29) is 13.4 Å². The molecule has 1 heterocycles. The van der Waals surface area contributed by atoms with Crippen LogP contribution in [0.4, 0.5) is 5.69 Å². The summed E-state index contributed by atoms with van der Waals surface area (Å²) in [6.07, 6.45) is 0. The maximum atomic E-state index is 12.2. The molecule has 3 rings (SSSR count). The van der Waals surface area contributed by atoms with Gasteiger partial charge in [0.15, 0.2) is 18.1 Å². The summed E-state index contributed by atoms with van der Waals surface area (Å²) in [6, 6.07) is 12.2. The summed E-state index contributed by atoms with van der Waals surface area (Å²) in [5, 5.41) is 2.66. The van der Waals surface area contributed by atoms with E-state index >= 15 is 0 Å². The van der Waals surface area contributed by atoms with E-state index in [9.17, 15) is 9.59 Å². The number of hydrogen-bond donors (Lipinski definition) is 1. The molecule has 1 N–H and O–H groups in total. The number of carbonyl (C=O) groups is 2. The lowest BCUT2D eigenvalue weighted by molar-refractivity contribution is -0.119. The summed E-state index contributed by atoms with van der Waals surface area (Å²) in [6.45, 7) is 1.81. The van der Waals surface area contributed by atoms with E-state index in [0.717, 1.165) is 10.6 Å². The molecule has 0 atom stereocenters. The Morgan fingerprint density at radius 2 is 1.96 bits per heavy atom. The molecule has 1 amide bonds. The minimum Gasteiger partial charge on any atom is -0.454 e. The topological polar surface area (TPSA) is 73.9 Å². The smallest absolute Gasteiger partial charge is 0.339 e. The van der Waals surface area contributed by atoms with E-state index in [0.29, 0.717) is 22.7 Å². The van der Waals surface area contributed by atoms with Crippen LogP contribution in [0, 0.1) is 0 Å². The lowest BCUT2D eigenvalue weighted by Gasteiger charge is -2.09. The molecule has 2 aromatic carbocycles. The third kappa shape index (κ3) is 4.24. The highest BCUT2D eigenvalue weighted by atomic mass is 32.2. The number of esters is 1. The van der Waals surface area contributed by atoms with E-state index in [1.807, 2.05) is 19.1 Å². The quantitative estimate of drug-likeness (QED) is 0.630. The van der Waals surface area contributed by atoms with Crippen LogP contribution >= 0.6 is 11.8 Å². The van der Waals surface area contributed by atoms with Crippen molar-refractivity contribution in [1.82, 2.24) is 0 Å². The van der Waals surface area contributed by atoms with Gasteiger partial charge in [0.05, 0.1) is 5.56 Å². The molecule has 0 spiro atoms. The van der Waals surface area contributed by atoms with Gasteiger partial charge in [0.2, 0.25) is 6.79 Å². The fourth-order valence-corrected chi connectivity index (χ4v) is 3.09. The van der Waals surface area contributed by atoms with Gasteiger partial charge in [-0.15, -0.1) is 11.8 Å². The lowest BCUT2D eigenvalue weighted by atomic mass is 10.2. The zero-order valence-corrected chi connectivity index (χ0v) is 14.4. The second-order valence-corrected chi connectivity index (χ2v) is 6.43. The molecule has 0 aliphatic carbocycles. The Morgan fingerprint density at radius 1 is 1.16 bits per heavy atom. The van der Waals surface area contributed by atoms with Crippen molar-refractivity contribution in [2.45, 2.75) is 11.8 Å². The fourth-order valence-electron chi connectivity index (χ4n) is 2.30. The summed E-state index contributed by atoms with van der Waals surface area (Å²) in [5.41, 5.74) is 1.01. The average molecular weight is 359 g/mol. The Bertz CT molecular complexity index is 793. The fraction of sp³-hybridized carbons (Fsp3) is 0.222. The summed E-state index contributed by atoms with van der Waals surface area (Å²) in [5.74, 6) is 1.11. The largest absolute Gasteiger partial charge is 0.454 e. The number of rotatable bonds is 6. The van der Waals surface area contributed by atoms with Crippen LogP contribution in [-0.2, 0) is 9.53 Å². The minimum atomic E-state index is -0.516. The number of amides is 1. The van der Waals surface area contributed by atoms with E-state index in [1.165, 1.54) is 0 Å². The molecule has 0 saturated carbocycles. The Kier molecular flexibility index (Phi) is 5.45. The van der Waals surface area contributed by atoms with Crippen molar-refractivity contribution in [3.63, 3.8) is 0 Å². The number of benzene rings is 2. The van der Waals surface area contributed by atoms with Gasteiger partial charge in [0.25, 0.3) is 5.91 Å². The van der Waals surface area contributed by atoms with Gasteiger partial charge >= 0.3 is 5.97 Å². The van der Waals surface area contributed by atoms with Gasteiger partial charge in [0, 0.05) is 16.6 Å². The number of ether oxygens (including phenoxy) is 3. The first-order chi connectivity index (χ1) is 12.2. The van der Waals surface area contributed by atoms with Crippen LogP contribution in [0.3, 0.4) is 0 Å². The summed E-state index contributed by atoms with van der Waals surface area (Å²) < 4.78 is 15.6. The maximum Gasteiger partial charge on any atom is 0.339 e. The van der Waals surface area contributed by atoms with Crippen molar-refractivity contribution in [2.24, 2.45) is 0 Å². The van der Waals surface area contributed by atoms with Crippen molar-refractivity contribution >= 4 is 29.3 Å². The first-order valence-corrected chi connectivity index (χ1v) is 8.74. The van der Waals surface area contributed by atoms with Crippen LogP contribution in [-0.4, -0.2) is 31.0 Å². The van der Waals surface area contributed by atoms with Crippen LogP contribution in [0.1, 0.15) is 17.3 Å². The highest BCUT2D eigenvalue weighted by molar-refractivity contribution is 7.99. The molecule has 2 aromatic rings. The highest BCUT2D eigenvalue weighted by Gasteiger charge is 2.16. The van der Waals surface area contributed by atoms with Crippen LogP contribution in [0.2, 0.25) is 0 Å². The number of thioether (sulfide) groups is 1. The molecule has 0 bridgehead atoms. The molecular weight excluding hydrogens is 342 g/mol. The molecule has 0 radical (unpaired) electrons. The molecule has 25 heavy (non-hydrogen) atoms. The van der Waals surface area contributed by atoms with Gasteiger partial charge in [-0.05, 0) is 30.0 Å². The van der Waals surface area contributed by atoms with Crippen molar-refractivity contribution < 1.29 is 23.8 Å². The number of hydrogen-bond acceptors (Lipinski definition) is 6. The lowest BCUT2D eigenvalue weighted by Crippen LogP contribution is -2.21. The van der Waals surface area contributed by atoms with Crippen LogP contribution in [0.15, 0.2) is 47.4 Å². The van der Waals surface area contributed by atoms with E-state index in [2.05, 4.69) is 5.32 Å². The number of nitrogens with one attached hydrogen (secondary N) is 1. The second-order valence-electron chi connectivity index (χ2n) is 5.12. The van der Waals surface area contributed by atoms with Gasteiger partial charge in [0.1, 0.15) is 0 Å². The highest BCUT2D eigenvalue weighted by Crippen LogP contribution is 2.34. The molecule has 0 fully saturated rings. The molecule has 1 aliphatic heterocycles. The van der Waals surface area contributed by atoms with Crippen molar-refractivity contribution in [1.29, 1.82) is 0 Å². The Hall–Kier alpha value is -2.67. The predicted molar refractivity (Wildman–Crippen MR) is 94.3 cm³/mol. The van der Waals surface area contributed by atoms with Crippen LogP contribution < -0.4 is 14.8 Å². The van der Waals surface area contributed by atoms with Gasteiger partial charge in [-0.2, -0.15) is 0 Å². The number of anilines is 1. The van der Waals surface area contributed by atoms with Crippen molar-refractivity contribution in [2.75, 3.05) is 24.5 Å².